The summed E-state index contributed by atoms with van der Waals surface area (Å²) in [6.07, 6.45) is -8.11. The predicted molar refractivity (Wildman–Crippen MR) is 91.3 cm³/mol. The van der Waals surface area contributed by atoms with Crippen LogP contribution in [0.25, 0.3) is 0 Å². The van der Waals surface area contributed by atoms with Crippen LogP contribution in [0.4, 0.5) is 22.0 Å². The van der Waals surface area contributed by atoms with Crippen LogP contribution in [0.5, 0.6) is 0 Å². The molecule has 0 spiro atoms. The molecule has 1 aromatic rings. The standard InChI is InChI=1S/C18H23F5N2O3/c1-10(2)12(8-13(26)14(24)11-6-4-3-5-7-11)15(27)18(22,23)16(28)25-9-17(19,20)21/h3-7,10,12,14-15,27H,8-9,24H2,1-2H3,(H,25,28)/t12-,14-,15+/m0/s1. The van der Waals surface area contributed by atoms with Crippen LogP contribution in [0.1, 0.15) is 31.9 Å². The molecule has 0 aliphatic carbocycles. The normalized spacial score (nSPS) is 15.8. The van der Waals surface area contributed by atoms with Crippen molar-refractivity contribution in [3.05, 3.63) is 35.9 Å². The van der Waals surface area contributed by atoms with Gasteiger partial charge in [-0.05, 0) is 11.5 Å². The number of amides is 1. The molecule has 0 saturated heterocycles. The molecule has 0 heterocycles. The van der Waals surface area contributed by atoms with Gasteiger partial charge in [-0.25, -0.2) is 0 Å². The van der Waals surface area contributed by atoms with Crippen LogP contribution in [0.15, 0.2) is 30.3 Å². The zero-order chi connectivity index (χ0) is 21.7. The molecule has 0 saturated carbocycles. The van der Waals surface area contributed by atoms with E-state index >= 15 is 0 Å². The molecule has 1 amide bonds. The minimum absolute atomic E-state index is 0.444. The highest BCUT2D eigenvalue weighted by Crippen LogP contribution is 2.32. The maximum absolute atomic E-state index is 14.2. The zero-order valence-electron chi connectivity index (χ0n) is 15.3. The van der Waals surface area contributed by atoms with Gasteiger partial charge in [-0.1, -0.05) is 44.2 Å². The van der Waals surface area contributed by atoms with E-state index in [9.17, 15) is 36.6 Å². The molecule has 4 N–H and O–H groups in total. The zero-order valence-corrected chi connectivity index (χ0v) is 15.3. The first kappa shape index (κ1) is 24.0. The van der Waals surface area contributed by atoms with Crippen molar-refractivity contribution in [3.63, 3.8) is 0 Å². The molecule has 10 heteroatoms. The smallest absolute Gasteiger partial charge is 0.386 e. The Bertz CT molecular complexity index is 665. The van der Waals surface area contributed by atoms with Crippen molar-refractivity contribution in [1.82, 2.24) is 5.32 Å². The van der Waals surface area contributed by atoms with Gasteiger partial charge in [0.1, 0.15) is 12.6 Å². The number of rotatable bonds is 9. The average Bonchev–Trinajstić information content (AvgIpc) is 2.62. The summed E-state index contributed by atoms with van der Waals surface area (Å²) < 4.78 is 64.8. The fraction of sp³-hybridized carbons (Fsp3) is 0.556. The van der Waals surface area contributed by atoms with E-state index in [2.05, 4.69) is 0 Å². The number of nitrogens with one attached hydrogen (secondary N) is 1. The Hall–Kier alpha value is -2.07. The number of Topliss-reactive ketones (excluding diaryl/α,β-unsaturated/α-hetero) is 1. The van der Waals surface area contributed by atoms with Crippen LogP contribution in [0.2, 0.25) is 0 Å². The van der Waals surface area contributed by atoms with Crippen LogP contribution in [-0.2, 0) is 9.59 Å². The van der Waals surface area contributed by atoms with Gasteiger partial charge in [0.15, 0.2) is 5.78 Å². The summed E-state index contributed by atoms with van der Waals surface area (Å²) >= 11 is 0. The number of halogens is 5. The third-order valence-electron chi connectivity index (χ3n) is 4.33. The molecule has 158 valence electrons. The van der Waals surface area contributed by atoms with E-state index in [0.717, 1.165) is 5.32 Å². The Balaban J connectivity index is 2.91. The third kappa shape index (κ3) is 6.52. The van der Waals surface area contributed by atoms with Crippen LogP contribution >= 0.6 is 0 Å². The largest absolute Gasteiger partial charge is 0.405 e. The number of alkyl halides is 5. The summed E-state index contributed by atoms with van der Waals surface area (Å²) in [6, 6.07) is 6.99. The van der Waals surface area contributed by atoms with Gasteiger partial charge in [0.25, 0.3) is 5.91 Å². The fourth-order valence-corrected chi connectivity index (χ4v) is 2.62. The van der Waals surface area contributed by atoms with E-state index in [1.165, 1.54) is 13.8 Å². The van der Waals surface area contributed by atoms with Gasteiger partial charge in [0.05, 0.1) is 6.04 Å². The number of hydrogen-bond acceptors (Lipinski definition) is 4. The van der Waals surface area contributed by atoms with Gasteiger partial charge in [0, 0.05) is 12.3 Å². The number of carbonyl (C=O) groups excluding carboxylic acids is 2. The van der Waals surface area contributed by atoms with E-state index in [4.69, 9.17) is 5.73 Å². The van der Waals surface area contributed by atoms with Crippen molar-refractivity contribution in [2.24, 2.45) is 17.6 Å². The maximum Gasteiger partial charge on any atom is 0.405 e. The van der Waals surface area contributed by atoms with E-state index in [0.29, 0.717) is 5.56 Å². The van der Waals surface area contributed by atoms with Crippen molar-refractivity contribution in [2.75, 3.05) is 6.54 Å². The van der Waals surface area contributed by atoms with Gasteiger partial charge in [-0.3, -0.25) is 9.59 Å². The van der Waals surface area contributed by atoms with Crippen LogP contribution in [0, 0.1) is 11.8 Å². The number of aliphatic hydroxyl groups excluding tert-OH is 1. The highest BCUT2D eigenvalue weighted by molar-refractivity contribution is 5.86. The topological polar surface area (TPSA) is 92.4 Å². The minimum Gasteiger partial charge on any atom is -0.386 e. The minimum atomic E-state index is -4.88. The summed E-state index contributed by atoms with van der Waals surface area (Å²) in [5.74, 6) is -9.49. The van der Waals surface area contributed by atoms with Gasteiger partial charge in [-0.15, -0.1) is 0 Å². The average molecular weight is 410 g/mol. The second-order valence-corrected chi connectivity index (χ2v) is 6.83. The molecule has 28 heavy (non-hydrogen) atoms. The molecule has 1 rings (SSSR count). The number of hydrogen-bond donors (Lipinski definition) is 3. The predicted octanol–water partition coefficient (Wildman–Crippen LogP) is 2.59. The number of carbonyl (C=O) groups is 2. The number of nitrogens with two attached hydrogens (primary N) is 1. The first-order valence-electron chi connectivity index (χ1n) is 8.51. The lowest BCUT2D eigenvalue weighted by Crippen LogP contribution is -2.54. The van der Waals surface area contributed by atoms with Crippen molar-refractivity contribution in [3.8, 4) is 0 Å². The molecule has 0 aliphatic heterocycles. The Labute approximate surface area is 159 Å². The highest BCUT2D eigenvalue weighted by atomic mass is 19.4. The molecule has 1 aromatic carbocycles. The Morgan fingerprint density at radius 1 is 1.11 bits per heavy atom. The summed E-state index contributed by atoms with van der Waals surface area (Å²) in [4.78, 5) is 23.9. The van der Waals surface area contributed by atoms with E-state index < -0.39 is 60.7 Å². The molecule has 0 unspecified atom stereocenters. The number of aliphatic hydroxyl groups is 1. The monoisotopic (exact) mass is 410 g/mol. The molecule has 0 aliphatic rings. The van der Waals surface area contributed by atoms with Crippen molar-refractivity contribution in [1.29, 1.82) is 0 Å². The maximum atomic E-state index is 14.2. The lowest BCUT2D eigenvalue weighted by atomic mass is 9.81. The molecular formula is C18H23F5N2O3. The SMILES string of the molecule is CC(C)[C@H](CC(=O)[C@@H](N)c1ccccc1)[C@@H](O)C(F)(F)C(=O)NCC(F)(F)F. The molecule has 0 fully saturated rings. The lowest BCUT2D eigenvalue weighted by molar-refractivity contribution is -0.178. The van der Waals surface area contributed by atoms with E-state index in [1.807, 2.05) is 0 Å². The van der Waals surface area contributed by atoms with E-state index in [1.54, 1.807) is 30.3 Å². The molecule has 0 radical (unpaired) electrons. The second-order valence-electron chi connectivity index (χ2n) is 6.83. The van der Waals surface area contributed by atoms with Crippen molar-refractivity contribution in [2.45, 2.75) is 44.5 Å². The summed E-state index contributed by atoms with van der Waals surface area (Å²) in [7, 11) is 0. The van der Waals surface area contributed by atoms with Crippen molar-refractivity contribution < 1.29 is 36.6 Å². The summed E-state index contributed by atoms with van der Waals surface area (Å²) in [5, 5.41) is 11.1. The second kappa shape index (κ2) is 9.42. The molecular weight excluding hydrogens is 387 g/mol. The number of ketones is 1. The Morgan fingerprint density at radius 3 is 2.11 bits per heavy atom. The van der Waals surface area contributed by atoms with Crippen LogP contribution in [-0.4, -0.2) is 41.5 Å². The summed E-state index contributed by atoms with van der Waals surface area (Å²) in [5.41, 5.74) is 6.27. The fourth-order valence-electron chi connectivity index (χ4n) is 2.62. The quantitative estimate of drug-likeness (QED) is 0.546. The Morgan fingerprint density at radius 2 is 1.64 bits per heavy atom. The third-order valence-corrected chi connectivity index (χ3v) is 4.33. The molecule has 0 bridgehead atoms. The molecule has 3 atom stereocenters. The lowest BCUT2D eigenvalue weighted by Gasteiger charge is -2.31. The Kier molecular flexibility index (Phi) is 8.06. The molecule has 0 aromatic heterocycles. The van der Waals surface area contributed by atoms with Gasteiger partial charge in [0.2, 0.25) is 0 Å². The van der Waals surface area contributed by atoms with Crippen molar-refractivity contribution >= 4 is 11.7 Å². The van der Waals surface area contributed by atoms with Gasteiger partial charge >= 0.3 is 12.1 Å². The van der Waals surface area contributed by atoms with Gasteiger partial charge in [-0.2, -0.15) is 22.0 Å². The van der Waals surface area contributed by atoms with Crippen LogP contribution < -0.4 is 11.1 Å². The highest BCUT2D eigenvalue weighted by Gasteiger charge is 2.51. The molecule has 5 nitrogen and oxygen atoms in total. The van der Waals surface area contributed by atoms with Crippen LogP contribution in [0.3, 0.4) is 0 Å². The first-order chi connectivity index (χ1) is 12.8. The van der Waals surface area contributed by atoms with Gasteiger partial charge < -0.3 is 16.2 Å². The first-order valence-corrected chi connectivity index (χ1v) is 8.51. The van der Waals surface area contributed by atoms with E-state index in [-0.39, 0.29) is 0 Å². The summed E-state index contributed by atoms with van der Waals surface area (Å²) in [6.45, 7) is 0.927. The number of benzene rings is 1.